The minimum absolute atomic E-state index is 0.159. The molecule has 0 radical (unpaired) electrons. The quantitative estimate of drug-likeness (QED) is 0.166. The zero-order chi connectivity index (χ0) is 36.0. The highest BCUT2D eigenvalue weighted by molar-refractivity contribution is 6.01. The summed E-state index contributed by atoms with van der Waals surface area (Å²) in [6, 6.07) is 55.5. The van der Waals surface area contributed by atoms with Crippen LogP contribution in [0.25, 0.3) is 32.3 Å². The molecule has 258 valence electrons. The van der Waals surface area contributed by atoms with Gasteiger partial charge in [0.1, 0.15) is 0 Å². The summed E-state index contributed by atoms with van der Waals surface area (Å²) in [4.78, 5) is 4.99. The maximum absolute atomic E-state index is 2.58. The Morgan fingerprint density at radius 1 is 0.481 bits per heavy atom. The van der Waals surface area contributed by atoms with E-state index in [9.17, 15) is 0 Å². The van der Waals surface area contributed by atoms with Gasteiger partial charge in [-0.25, -0.2) is 0 Å². The van der Waals surface area contributed by atoms with Crippen LogP contribution >= 0.6 is 0 Å². The van der Waals surface area contributed by atoms with Crippen molar-refractivity contribution < 1.29 is 0 Å². The third kappa shape index (κ3) is 6.07. The molecule has 1 aliphatic carbocycles. The molecule has 7 aromatic rings. The number of allylic oxidation sites excluding steroid dienone is 3. The van der Waals surface area contributed by atoms with E-state index >= 15 is 0 Å². The molecule has 0 bridgehead atoms. The fraction of sp³-hybridized carbons (Fsp3) is 0.200. The van der Waals surface area contributed by atoms with Crippen molar-refractivity contribution in [3.05, 3.63) is 175 Å². The van der Waals surface area contributed by atoms with Gasteiger partial charge in [-0.2, -0.15) is 0 Å². The molecule has 0 aromatic heterocycles. The highest BCUT2D eigenvalue weighted by atomic mass is 15.2. The van der Waals surface area contributed by atoms with E-state index in [1.165, 1.54) is 54.8 Å². The predicted octanol–water partition coefficient (Wildman–Crippen LogP) is 14.5. The van der Waals surface area contributed by atoms with Gasteiger partial charge in [0.05, 0.1) is 11.2 Å². The molecule has 1 atom stereocenters. The van der Waals surface area contributed by atoms with Crippen LogP contribution in [0.5, 0.6) is 0 Å². The second kappa shape index (κ2) is 13.2. The van der Waals surface area contributed by atoms with E-state index < -0.39 is 0 Å². The van der Waals surface area contributed by atoms with Crippen molar-refractivity contribution in [2.24, 2.45) is 11.3 Å². The lowest BCUT2D eigenvalue weighted by molar-refractivity contribution is 0.428. The summed E-state index contributed by atoms with van der Waals surface area (Å²) < 4.78 is 0. The molecule has 2 heteroatoms. The van der Waals surface area contributed by atoms with Crippen LogP contribution in [0.3, 0.4) is 0 Å². The van der Waals surface area contributed by atoms with E-state index in [2.05, 4.69) is 215 Å². The Kier molecular flexibility index (Phi) is 8.50. The Bertz CT molecular complexity index is 2460. The molecule has 0 saturated heterocycles. The van der Waals surface area contributed by atoms with E-state index in [4.69, 9.17) is 0 Å². The number of hydrogen-bond acceptors (Lipinski definition) is 2. The Morgan fingerprint density at radius 2 is 1.00 bits per heavy atom. The zero-order valence-corrected chi connectivity index (χ0v) is 31.3. The molecule has 0 heterocycles. The van der Waals surface area contributed by atoms with E-state index in [0.717, 1.165) is 23.5 Å². The smallest absolute Gasteiger partial charge is 0.0612 e. The van der Waals surface area contributed by atoms with Crippen molar-refractivity contribution in [1.82, 2.24) is 0 Å². The van der Waals surface area contributed by atoms with Gasteiger partial charge in [-0.1, -0.05) is 149 Å². The third-order valence-corrected chi connectivity index (χ3v) is 11.1. The molecule has 0 N–H and O–H groups in total. The van der Waals surface area contributed by atoms with Gasteiger partial charge in [-0.15, -0.1) is 0 Å². The molecular weight excluding hydrogens is 629 g/mol. The van der Waals surface area contributed by atoms with Gasteiger partial charge in [-0.3, -0.25) is 0 Å². The van der Waals surface area contributed by atoms with Crippen molar-refractivity contribution in [2.45, 2.75) is 53.5 Å². The van der Waals surface area contributed by atoms with Crippen molar-refractivity contribution in [3.8, 4) is 0 Å². The van der Waals surface area contributed by atoms with Crippen LogP contribution in [0, 0.1) is 11.3 Å². The van der Waals surface area contributed by atoms with E-state index in [1.807, 2.05) is 0 Å². The Labute approximate surface area is 309 Å². The highest BCUT2D eigenvalue weighted by Crippen LogP contribution is 2.47. The van der Waals surface area contributed by atoms with Gasteiger partial charge in [0.2, 0.25) is 0 Å². The number of benzene rings is 7. The largest absolute Gasteiger partial charge is 0.332 e. The van der Waals surface area contributed by atoms with Crippen LogP contribution in [0.15, 0.2) is 175 Å². The van der Waals surface area contributed by atoms with Crippen LogP contribution in [-0.4, -0.2) is 5.54 Å². The molecule has 0 aliphatic heterocycles. The molecular formula is C50H48N2. The van der Waals surface area contributed by atoms with E-state index in [0.29, 0.717) is 5.92 Å². The second-order valence-corrected chi connectivity index (χ2v) is 15.9. The van der Waals surface area contributed by atoms with Crippen LogP contribution in [0.1, 0.15) is 48.0 Å². The molecule has 1 unspecified atom stereocenters. The van der Waals surface area contributed by atoms with E-state index in [-0.39, 0.29) is 11.0 Å². The first-order valence-corrected chi connectivity index (χ1v) is 18.7. The minimum atomic E-state index is -0.307. The highest BCUT2D eigenvalue weighted by Gasteiger charge is 2.37. The lowest BCUT2D eigenvalue weighted by Crippen LogP contribution is -2.45. The lowest BCUT2D eigenvalue weighted by Gasteiger charge is -2.46. The zero-order valence-electron chi connectivity index (χ0n) is 31.3. The van der Waals surface area contributed by atoms with Gasteiger partial charge in [0.15, 0.2) is 0 Å². The van der Waals surface area contributed by atoms with Crippen molar-refractivity contribution in [2.75, 3.05) is 9.80 Å². The summed E-state index contributed by atoms with van der Waals surface area (Å²) in [6.45, 7) is 14.2. The molecule has 0 saturated carbocycles. The minimum Gasteiger partial charge on any atom is -0.332 e. The molecule has 1 aliphatic rings. The number of hydrogen-bond donors (Lipinski definition) is 0. The molecule has 2 nitrogen and oxygen atoms in total. The molecule has 0 amide bonds. The molecule has 0 fully saturated rings. The molecule has 8 rings (SSSR count). The maximum Gasteiger partial charge on any atom is 0.0612 e. The first kappa shape index (κ1) is 33.5. The SMILES string of the molecule is CC1CC(C(C)(C)C)=CC=C1C(C)(C)N(c1ccc(N(c2ccc3ccccc3c2)c2cccc3ccccc23)cc1)c1cccc2ccccc12. The van der Waals surface area contributed by atoms with Crippen LogP contribution < -0.4 is 9.80 Å². The number of rotatable bonds is 7. The molecule has 7 aromatic carbocycles. The van der Waals surface area contributed by atoms with Crippen molar-refractivity contribution in [3.63, 3.8) is 0 Å². The van der Waals surface area contributed by atoms with Gasteiger partial charge >= 0.3 is 0 Å². The summed E-state index contributed by atoms with van der Waals surface area (Å²) in [5.41, 5.74) is 8.62. The predicted molar refractivity (Wildman–Crippen MR) is 226 cm³/mol. The molecule has 0 spiro atoms. The summed E-state index contributed by atoms with van der Waals surface area (Å²) in [5.74, 6) is 0.417. The lowest BCUT2D eigenvalue weighted by atomic mass is 9.72. The summed E-state index contributed by atoms with van der Waals surface area (Å²) in [6.07, 6.45) is 5.89. The Morgan fingerprint density at radius 3 is 1.63 bits per heavy atom. The van der Waals surface area contributed by atoms with Gasteiger partial charge < -0.3 is 9.80 Å². The number of nitrogens with zero attached hydrogens (tertiary/aromatic N) is 2. The van der Waals surface area contributed by atoms with Crippen molar-refractivity contribution >= 4 is 60.8 Å². The standard InChI is InChI=1S/C50H48N2/c1-35-33-40(49(2,3)4)26-32-46(35)50(5,6)52(48-24-14-20-38-17-10-12-22-45(38)48)42-30-28-41(29-31-42)51(43-27-25-36-15-7-8-18-39(36)34-43)47-23-13-19-37-16-9-11-21-44(37)47/h7-32,34-35H,33H2,1-6H3. The molecule has 52 heavy (non-hydrogen) atoms. The van der Waals surface area contributed by atoms with Crippen LogP contribution in [0.2, 0.25) is 0 Å². The normalized spacial score (nSPS) is 15.1. The van der Waals surface area contributed by atoms with Crippen LogP contribution in [0.4, 0.5) is 28.4 Å². The fourth-order valence-electron chi connectivity index (χ4n) is 8.42. The van der Waals surface area contributed by atoms with Gasteiger partial charge in [-0.05, 0) is 107 Å². The Hall–Kier alpha value is -5.60. The average molecular weight is 677 g/mol. The summed E-state index contributed by atoms with van der Waals surface area (Å²) >= 11 is 0. The van der Waals surface area contributed by atoms with Gasteiger partial charge in [0, 0.05) is 33.5 Å². The van der Waals surface area contributed by atoms with Crippen molar-refractivity contribution in [1.29, 1.82) is 0 Å². The first-order valence-electron chi connectivity index (χ1n) is 18.7. The van der Waals surface area contributed by atoms with Gasteiger partial charge in [0.25, 0.3) is 0 Å². The summed E-state index contributed by atoms with van der Waals surface area (Å²) in [7, 11) is 0. The topological polar surface area (TPSA) is 6.48 Å². The van der Waals surface area contributed by atoms with Crippen LogP contribution in [-0.2, 0) is 0 Å². The average Bonchev–Trinajstić information content (AvgIpc) is 3.15. The first-order chi connectivity index (χ1) is 25.1. The summed E-state index contributed by atoms with van der Waals surface area (Å²) in [5, 5.41) is 7.42. The number of fused-ring (bicyclic) bond motifs is 3. The number of anilines is 5. The third-order valence-electron chi connectivity index (χ3n) is 11.1. The maximum atomic E-state index is 2.58. The fourth-order valence-corrected chi connectivity index (χ4v) is 8.42. The van der Waals surface area contributed by atoms with E-state index in [1.54, 1.807) is 0 Å². The monoisotopic (exact) mass is 676 g/mol. The second-order valence-electron chi connectivity index (χ2n) is 15.9. The Balaban J connectivity index is 1.30.